The standard InChI is InChI=1S/C5H8O2.K.H/c1-3-4(2)5(6)7;;/h2-3H2,1H3,(H,6,7);;. The maximum absolute atomic E-state index is 9.83. The van der Waals surface area contributed by atoms with Crippen molar-refractivity contribution >= 4 is 57.4 Å². The van der Waals surface area contributed by atoms with Gasteiger partial charge in [0.2, 0.25) is 0 Å². The summed E-state index contributed by atoms with van der Waals surface area (Å²) in [5, 5.41) is 8.08. The Bertz CT molecular complexity index is 98.6. The summed E-state index contributed by atoms with van der Waals surface area (Å²) in [6, 6.07) is 0. The molecule has 2 nitrogen and oxygen atoms in total. The van der Waals surface area contributed by atoms with Gasteiger partial charge in [-0.05, 0) is 6.42 Å². The molecular weight excluding hydrogens is 131 g/mol. The van der Waals surface area contributed by atoms with Gasteiger partial charge in [0.25, 0.3) is 0 Å². The quantitative estimate of drug-likeness (QED) is 0.445. The van der Waals surface area contributed by atoms with E-state index in [2.05, 4.69) is 6.58 Å². The molecule has 8 heavy (non-hydrogen) atoms. The topological polar surface area (TPSA) is 37.3 Å². The van der Waals surface area contributed by atoms with Crippen LogP contribution in [0.3, 0.4) is 0 Å². The summed E-state index contributed by atoms with van der Waals surface area (Å²) >= 11 is 0. The van der Waals surface area contributed by atoms with Gasteiger partial charge in [0, 0.05) is 5.57 Å². The number of carboxylic acids is 1. The summed E-state index contributed by atoms with van der Waals surface area (Å²) in [4.78, 5) is 9.83. The van der Waals surface area contributed by atoms with Gasteiger partial charge < -0.3 is 5.11 Å². The second kappa shape index (κ2) is 5.97. The van der Waals surface area contributed by atoms with Crippen molar-refractivity contribution in [1.29, 1.82) is 0 Å². The van der Waals surface area contributed by atoms with Gasteiger partial charge in [-0.3, -0.25) is 0 Å². The zero-order chi connectivity index (χ0) is 5.86. The molecule has 0 rings (SSSR count). The molecule has 42 valence electrons. The normalized spacial score (nSPS) is 7.12. The minimum atomic E-state index is -0.900. The van der Waals surface area contributed by atoms with Crippen molar-refractivity contribution in [3.63, 3.8) is 0 Å². The van der Waals surface area contributed by atoms with Crippen molar-refractivity contribution in [2.75, 3.05) is 0 Å². The number of carbonyl (C=O) groups is 1. The maximum atomic E-state index is 9.83. The number of rotatable bonds is 2. The van der Waals surface area contributed by atoms with Crippen molar-refractivity contribution in [2.45, 2.75) is 13.3 Å². The van der Waals surface area contributed by atoms with Crippen molar-refractivity contribution < 1.29 is 9.90 Å². The summed E-state index contributed by atoms with van der Waals surface area (Å²) in [7, 11) is 0. The van der Waals surface area contributed by atoms with E-state index in [1.807, 2.05) is 0 Å². The van der Waals surface area contributed by atoms with Crippen LogP contribution in [-0.2, 0) is 4.79 Å². The Morgan fingerprint density at radius 3 is 2.12 bits per heavy atom. The van der Waals surface area contributed by atoms with Gasteiger partial charge in [-0.2, -0.15) is 0 Å². The molecular formula is C5H9KO2. The van der Waals surface area contributed by atoms with Crippen LogP contribution in [0.25, 0.3) is 0 Å². The first kappa shape index (κ1) is 11.6. The van der Waals surface area contributed by atoms with Crippen molar-refractivity contribution in [3.8, 4) is 0 Å². The van der Waals surface area contributed by atoms with Crippen LogP contribution in [0.4, 0.5) is 0 Å². The van der Waals surface area contributed by atoms with E-state index in [-0.39, 0.29) is 57.0 Å². The van der Waals surface area contributed by atoms with Crippen LogP contribution >= 0.6 is 0 Å². The fraction of sp³-hybridized carbons (Fsp3) is 0.400. The molecule has 0 aromatic heterocycles. The Kier molecular flexibility index (Phi) is 8.68. The molecule has 0 radical (unpaired) electrons. The van der Waals surface area contributed by atoms with Gasteiger partial charge in [0.1, 0.15) is 0 Å². The molecule has 0 spiro atoms. The average molecular weight is 140 g/mol. The Hall–Kier alpha value is 0.846. The van der Waals surface area contributed by atoms with Gasteiger partial charge in [0.05, 0.1) is 0 Å². The van der Waals surface area contributed by atoms with E-state index >= 15 is 0 Å². The first-order chi connectivity index (χ1) is 3.18. The van der Waals surface area contributed by atoms with Crippen LogP contribution in [0, 0.1) is 0 Å². The second-order valence-corrected chi connectivity index (χ2v) is 1.26. The molecule has 1 N–H and O–H groups in total. The van der Waals surface area contributed by atoms with E-state index in [9.17, 15) is 4.79 Å². The van der Waals surface area contributed by atoms with E-state index in [0.717, 1.165) is 0 Å². The zero-order valence-electron chi connectivity index (χ0n) is 4.27. The molecule has 0 fully saturated rings. The molecule has 0 aromatic rings. The number of aliphatic carboxylic acids is 1. The number of carboxylic acid groups (broad SMARTS) is 1. The Labute approximate surface area is 91.4 Å². The molecule has 0 aliphatic heterocycles. The third kappa shape index (κ3) is 4.99. The van der Waals surface area contributed by atoms with Gasteiger partial charge in [-0.15, -0.1) is 0 Å². The molecule has 3 heteroatoms. The second-order valence-electron chi connectivity index (χ2n) is 1.26. The fourth-order valence-corrected chi connectivity index (χ4v) is 0.151. The molecule has 0 heterocycles. The van der Waals surface area contributed by atoms with Gasteiger partial charge >= 0.3 is 57.4 Å². The van der Waals surface area contributed by atoms with Crippen LogP contribution in [-0.4, -0.2) is 62.5 Å². The molecule has 0 saturated heterocycles. The zero-order valence-corrected chi connectivity index (χ0v) is 4.27. The number of hydrogen-bond donors (Lipinski definition) is 1. The molecule has 0 aliphatic rings. The van der Waals surface area contributed by atoms with Crippen LogP contribution < -0.4 is 0 Å². The Morgan fingerprint density at radius 2 is 2.12 bits per heavy atom. The average Bonchev–Trinajstić information content (AvgIpc) is 1.65. The summed E-state index contributed by atoms with van der Waals surface area (Å²) in [5.41, 5.74) is 0.264. The van der Waals surface area contributed by atoms with Crippen LogP contribution in [0.5, 0.6) is 0 Å². The van der Waals surface area contributed by atoms with Crippen molar-refractivity contribution in [3.05, 3.63) is 12.2 Å². The van der Waals surface area contributed by atoms with Crippen molar-refractivity contribution in [1.82, 2.24) is 0 Å². The van der Waals surface area contributed by atoms with Gasteiger partial charge in [-0.25, -0.2) is 4.79 Å². The predicted molar refractivity (Wildman–Crippen MR) is 34.2 cm³/mol. The number of hydrogen-bond acceptors (Lipinski definition) is 1. The van der Waals surface area contributed by atoms with Crippen molar-refractivity contribution in [2.24, 2.45) is 0 Å². The van der Waals surface area contributed by atoms with E-state index < -0.39 is 5.97 Å². The monoisotopic (exact) mass is 140 g/mol. The summed E-state index contributed by atoms with van der Waals surface area (Å²) in [6.07, 6.45) is 0.523. The first-order valence-corrected chi connectivity index (χ1v) is 2.09. The molecule has 0 amide bonds. The third-order valence-electron chi connectivity index (χ3n) is 0.729. The summed E-state index contributed by atoms with van der Waals surface area (Å²) in [6.45, 7) is 5.03. The minimum absolute atomic E-state index is 0. The van der Waals surface area contributed by atoms with Crippen LogP contribution in [0.2, 0.25) is 0 Å². The molecule has 0 saturated carbocycles. The van der Waals surface area contributed by atoms with E-state index in [0.29, 0.717) is 6.42 Å². The Balaban J connectivity index is 0. The molecule has 0 aliphatic carbocycles. The van der Waals surface area contributed by atoms with Crippen LogP contribution in [0.1, 0.15) is 13.3 Å². The summed E-state index contributed by atoms with van der Waals surface area (Å²) in [5.74, 6) is -0.900. The fourth-order valence-electron chi connectivity index (χ4n) is 0.151. The van der Waals surface area contributed by atoms with Crippen LogP contribution in [0.15, 0.2) is 12.2 Å². The molecule has 0 atom stereocenters. The van der Waals surface area contributed by atoms with E-state index in [1.54, 1.807) is 6.92 Å². The third-order valence-corrected chi connectivity index (χ3v) is 0.729. The van der Waals surface area contributed by atoms with E-state index in [1.165, 1.54) is 0 Å². The predicted octanol–water partition coefficient (Wildman–Crippen LogP) is 0.389. The van der Waals surface area contributed by atoms with Gasteiger partial charge in [0.15, 0.2) is 0 Å². The van der Waals surface area contributed by atoms with E-state index in [4.69, 9.17) is 5.11 Å². The first-order valence-electron chi connectivity index (χ1n) is 2.09. The molecule has 0 unspecified atom stereocenters. The molecule has 0 aromatic carbocycles. The SMILES string of the molecule is C=C(CC)C(=O)O.[KH]. The summed E-state index contributed by atoms with van der Waals surface area (Å²) < 4.78 is 0. The molecule has 0 bridgehead atoms. The van der Waals surface area contributed by atoms with Gasteiger partial charge in [-0.1, -0.05) is 13.5 Å². The Morgan fingerprint density at radius 1 is 1.75 bits per heavy atom.